The van der Waals surface area contributed by atoms with Gasteiger partial charge in [-0.05, 0) is 190 Å². The molecule has 0 unspecified atom stereocenters. The van der Waals surface area contributed by atoms with E-state index in [4.69, 9.17) is 9.47 Å². The maximum absolute atomic E-state index is 12.0. The fraction of sp³-hybridized carbons (Fsp3) is 0.797. The van der Waals surface area contributed by atoms with Gasteiger partial charge in [0, 0.05) is 38.9 Å². The van der Waals surface area contributed by atoms with Crippen LogP contribution in [-0.4, -0.2) is 124 Å². The van der Waals surface area contributed by atoms with Crippen molar-refractivity contribution in [3.63, 3.8) is 0 Å². The van der Waals surface area contributed by atoms with Gasteiger partial charge in [0.2, 0.25) is 0 Å². The molecule has 91 heavy (non-hydrogen) atoms. The molecular formula is C74H137F3N4O8SSn. The second-order valence-electron chi connectivity index (χ2n) is 26.2. The molecule has 0 aromatic carbocycles. The number of nitrogens with zero attached hydrogens (tertiary/aromatic N) is 2. The number of piperidine rings is 1. The van der Waals surface area contributed by atoms with Gasteiger partial charge in [0.25, 0.3) is 0 Å². The van der Waals surface area contributed by atoms with Crippen LogP contribution in [0.2, 0.25) is 14.8 Å². The molecule has 0 aromatic heterocycles. The van der Waals surface area contributed by atoms with Crippen LogP contribution in [0.5, 0.6) is 0 Å². The number of amides is 2. The Morgan fingerprint density at radius 3 is 1.25 bits per heavy atom. The van der Waals surface area contributed by atoms with Gasteiger partial charge in [-0.15, -0.1) is 0 Å². The van der Waals surface area contributed by atoms with E-state index in [2.05, 4.69) is 60.0 Å². The summed E-state index contributed by atoms with van der Waals surface area (Å²) in [7, 11) is -5.47. The van der Waals surface area contributed by atoms with E-state index in [9.17, 15) is 36.0 Å². The second kappa shape index (κ2) is 51.2. The number of alkyl halides is 3. The van der Waals surface area contributed by atoms with Gasteiger partial charge < -0.3 is 24.5 Å². The van der Waals surface area contributed by atoms with Crippen LogP contribution in [0.3, 0.4) is 0 Å². The molecule has 9 aliphatic rings. The van der Waals surface area contributed by atoms with Gasteiger partial charge in [-0.3, -0.25) is 4.79 Å². The number of carbonyl (C=O) groups excluding carboxylic acids is 3. The predicted octanol–water partition coefficient (Wildman–Crippen LogP) is 21.4. The topological polar surface area (TPSA) is 144 Å². The van der Waals surface area contributed by atoms with E-state index in [1.54, 1.807) is 24.5 Å². The van der Waals surface area contributed by atoms with Crippen molar-refractivity contribution in [3.05, 3.63) is 68.1 Å². The number of nitrogens with one attached hydrogen (secondary N) is 2. The minimum absolute atomic E-state index is 0.103. The van der Waals surface area contributed by atoms with Crippen LogP contribution in [0.4, 0.5) is 22.8 Å². The fourth-order valence-electron chi connectivity index (χ4n) is 11.4. The van der Waals surface area contributed by atoms with E-state index >= 15 is 0 Å². The van der Waals surface area contributed by atoms with Crippen molar-refractivity contribution in [3.8, 4) is 0 Å². The van der Waals surface area contributed by atoms with E-state index in [1.807, 2.05) is 111 Å². The summed E-state index contributed by atoms with van der Waals surface area (Å²) in [6, 6.07) is 0. The Morgan fingerprint density at radius 1 is 0.484 bits per heavy atom. The van der Waals surface area contributed by atoms with Gasteiger partial charge in [-0.25, -0.2) is 4.79 Å². The fourth-order valence-corrected chi connectivity index (χ4v) is 16.4. The number of ketones is 1. The number of hydrogen-bond donors (Lipinski definition) is 2. The molecule has 2 N–H and O–H groups in total. The summed E-state index contributed by atoms with van der Waals surface area (Å²) in [6.07, 6.45) is 44.4. The van der Waals surface area contributed by atoms with Crippen LogP contribution in [0.15, 0.2) is 68.1 Å². The zero-order chi connectivity index (χ0) is 69.5. The number of carbonyl (C=O) groups is 3. The molecule has 9 rings (SSSR count). The Bertz CT molecular complexity index is 2210. The van der Waals surface area contributed by atoms with Crippen LogP contribution in [0.25, 0.3) is 0 Å². The third kappa shape index (κ3) is 41.5. The number of hydrogen-bond acceptors (Lipinski definition) is 10. The minimum atomic E-state index is -5.47. The summed E-state index contributed by atoms with van der Waals surface area (Å²) in [5, 5.41) is 6.80. The smallest absolute Gasteiger partial charge is 0.381 e. The molecule has 5 aliphatic carbocycles. The molecule has 0 aromatic rings. The SMILES string of the molecule is C1=C(C2=CCNCC2)CCCC1.C1CCC(C2CCNCC2)CC1.CC.CC.CC.CC.CC.CC(C)(C)OC(=O)N1CC=C(C2=CCCCC2)CC1.CC(C)(C)OC(=O)N1CC=[C]([Sn]([CH3])([CH3])[CH3])CC1.O=C1CCCCC1.O=S(=O)(OC1=CCCCC1)C(F)(F)F. The molecule has 1 saturated heterocycles. The average Bonchev–Trinajstić information content (AvgIpc) is 1.74. The normalized spacial score (nSPS) is 19.7. The minimum Gasteiger partial charge on any atom is -0.381 e. The molecular weight excluding hydrogens is 1280 g/mol. The predicted molar refractivity (Wildman–Crippen MR) is 383 cm³/mol. The molecule has 2 saturated carbocycles. The summed E-state index contributed by atoms with van der Waals surface area (Å²) in [5.41, 5.74) is 0.0635. The monoisotopic (exact) mass is 1420 g/mol. The van der Waals surface area contributed by atoms with Crippen molar-refractivity contribution in [2.24, 2.45) is 11.8 Å². The van der Waals surface area contributed by atoms with E-state index in [-0.39, 0.29) is 24.4 Å². The van der Waals surface area contributed by atoms with E-state index in [0.29, 0.717) is 25.2 Å². The molecule has 532 valence electrons. The summed E-state index contributed by atoms with van der Waals surface area (Å²) < 4.78 is 73.0. The van der Waals surface area contributed by atoms with Gasteiger partial charge in [0.15, 0.2) is 0 Å². The molecule has 17 heteroatoms. The van der Waals surface area contributed by atoms with Crippen molar-refractivity contribution < 1.29 is 49.6 Å². The van der Waals surface area contributed by atoms with Crippen molar-refractivity contribution in [2.75, 3.05) is 52.4 Å². The van der Waals surface area contributed by atoms with Gasteiger partial charge >= 0.3 is 131 Å². The molecule has 0 spiro atoms. The third-order valence-electron chi connectivity index (χ3n) is 16.0. The van der Waals surface area contributed by atoms with Crippen molar-refractivity contribution in [2.45, 2.75) is 316 Å². The van der Waals surface area contributed by atoms with Gasteiger partial charge in [0.1, 0.15) is 17.1 Å². The van der Waals surface area contributed by atoms with Crippen molar-refractivity contribution in [1.82, 2.24) is 20.4 Å². The Labute approximate surface area is 561 Å². The van der Waals surface area contributed by atoms with E-state index in [1.165, 1.54) is 146 Å². The molecule has 2 amide bonds. The van der Waals surface area contributed by atoms with Crippen LogP contribution in [0, 0.1) is 11.8 Å². The third-order valence-corrected chi connectivity index (χ3v) is 23.8. The van der Waals surface area contributed by atoms with E-state index < -0.39 is 45.2 Å². The van der Waals surface area contributed by atoms with Crippen LogP contribution < -0.4 is 10.6 Å². The Morgan fingerprint density at radius 2 is 0.901 bits per heavy atom. The average molecular weight is 1420 g/mol. The standard InChI is InChI=1S/C16H25NO2.C11H21N.C11H17N.C10H16NO2.C7H9F3O3S.C6H10O.5C2H6.3CH3.Sn/c1-16(2,3)19-15(18)17-11-9-14(10-12-17)13-7-5-4-6-8-13;2*1-2-4-10(5-3-1)11-6-8-12-9-7-11;1-10(2,3)13-9(12)11-7-5-4-6-8-11;8-7(9,10)14(11,12)13-6-4-2-1-3-5-6;7-6-4-2-1-3-5-6;5*1-2;;;;/h7,9H,4-6,8,10-12H2,1-3H3;10-12H,1-9H2;4,6,12H,1-3,5,7-9H2;5H,6-8H2,1-3H3;4H,1-3,5H2;1-5H2;5*1-2H3;3*1H3;. The molecule has 12 nitrogen and oxygen atoms in total. The summed E-state index contributed by atoms with van der Waals surface area (Å²) in [5.74, 6) is 2.53. The summed E-state index contributed by atoms with van der Waals surface area (Å²) in [4.78, 5) is 45.1. The molecule has 4 heterocycles. The Hall–Kier alpha value is -3.09. The first kappa shape index (κ1) is 90.0. The molecule has 3 fully saturated rings. The number of rotatable bonds is 6. The summed E-state index contributed by atoms with van der Waals surface area (Å²) in [6.45, 7) is 39.2. The van der Waals surface area contributed by atoms with E-state index in [0.717, 1.165) is 83.0 Å². The van der Waals surface area contributed by atoms with Crippen molar-refractivity contribution in [1.29, 1.82) is 0 Å². The van der Waals surface area contributed by atoms with Gasteiger partial charge in [0.05, 0.1) is 0 Å². The molecule has 0 bridgehead atoms. The molecule has 0 atom stereocenters. The maximum atomic E-state index is 12.0. The second-order valence-corrected chi connectivity index (χ2v) is 42.4. The maximum Gasteiger partial charge on any atom is 0.534 e. The van der Waals surface area contributed by atoms with Crippen LogP contribution >= 0.6 is 0 Å². The first-order valence-corrected chi connectivity index (χ1v) is 47.7. The first-order chi connectivity index (χ1) is 43.2. The number of halogens is 3. The van der Waals surface area contributed by atoms with Gasteiger partial charge in [-0.1, -0.05) is 132 Å². The van der Waals surface area contributed by atoms with Crippen LogP contribution in [0.1, 0.15) is 284 Å². The number of ether oxygens (including phenoxy) is 2. The zero-order valence-corrected chi connectivity index (χ0v) is 65.2. The van der Waals surface area contributed by atoms with Gasteiger partial charge in [-0.2, -0.15) is 21.6 Å². The van der Waals surface area contributed by atoms with Crippen LogP contribution in [-0.2, 0) is 28.6 Å². The quantitative estimate of drug-likeness (QED) is 0.150. The largest absolute Gasteiger partial charge is 0.534 e. The molecule has 0 radical (unpaired) electrons. The van der Waals surface area contributed by atoms with Crippen molar-refractivity contribution >= 4 is 46.5 Å². The molecule has 4 aliphatic heterocycles. The zero-order valence-electron chi connectivity index (χ0n) is 61.6. The summed E-state index contributed by atoms with van der Waals surface area (Å²) >= 11 is -1.90. The first-order valence-electron chi connectivity index (χ1n) is 36.3. The number of Topliss-reactive ketones (excluding diaryl/α,β-unsaturated/α-hetero) is 1. The number of allylic oxidation sites excluding steroid dienone is 6. The Balaban J connectivity index is 0. The Kier molecular flexibility index (Phi) is 50.6.